The van der Waals surface area contributed by atoms with Crippen LogP contribution in [0.25, 0.3) is 21.8 Å². The number of carbonyl (C=O) groups is 2. The van der Waals surface area contributed by atoms with Gasteiger partial charge >= 0.3 is 0 Å². The molecule has 2 aromatic heterocycles. The van der Waals surface area contributed by atoms with E-state index >= 15 is 0 Å². The summed E-state index contributed by atoms with van der Waals surface area (Å²) in [6.07, 6.45) is 5.64. The topological polar surface area (TPSA) is 66.9 Å². The molecule has 0 spiro atoms. The Labute approximate surface area is 175 Å². The number of fused-ring (bicyclic) bond motifs is 2. The van der Waals surface area contributed by atoms with Crippen molar-refractivity contribution >= 4 is 49.6 Å². The van der Waals surface area contributed by atoms with E-state index in [1.165, 1.54) is 0 Å². The van der Waals surface area contributed by atoms with Crippen LogP contribution in [0.1, 0.15) is 23.0 Å². The molecule has 1 aliphatic rings. The smallest absolute Gasteiger partial charge is 0.235 e. The first-order chi connectivity index (χ1) is 14.1. The SMILES string of the molecule is C=CCn1cc([C@@H]2C(=O)NC(=O)C2c2c[nH]c3ccccc23)c2cccc(Br)c21. The molecule has 0 saturated carbocycles. The van der Waals surface area contributed by atoms with Gasteiger partial charge in [0.15, 0.2) is 0 Å². The van der Waals surface area contributed by atoms with E-state index in [4.69, 9.17) is 0 Å². The van der Waals surface area contributed by atoms with Gasteiger partial charge in [-0.05, 0) is 39.2 Å². The molecule has 1 saturated heterocycles. The number of hydrogen-bond acceptors (Lipinski definition) is 2. The van der Waals surface area contributed by atoms with Gasteiger partial charge in [-0.1, -0.05) is 36.4 Å². The van der Waals surface area contributed by atoms with Gasteiger partial charge in [0, 0.05) is 39.7 Å². The minimum absolute atomic E-state index is 0.260. The van der Waals surface area contributed by atoms with Crippen molar-refractivity contribution in [2.24, 2.45) is 0 Å². The maximum absolute atomic E-state index is 12.9. The second-order valence-corrected chi connectivity index (χ2v) is 8.11. The van der Waals surface area contributed by atoms with E-state index in [1.807, 2.05) is 60.9 Å². The van der Waals surface area contributed by atoms with Crippen molar-refractivity contribution < 1.29 is 9.59 Å². The zero-order valence-electron chi connectivity index (χ0n) is 15.5. The molecule has 5 nitrogen and oxygen atoms in total. The highest BCUT2D eigenvalue weighted by Crippen LogP contribution is 2.44. The predicted molar refractivity (Wildman–Crippen MR) is 117 cm³/mol. The van der Waals surface area contributed by atoms with Crippen LogP contribution in [0, 0.1) is 0 Å². The monoisotopic (exact) mass is 447 g/mol. The predicted octanol–water partition coefficient (Wildman–Crippen LogP) is 4.59. The summed E-state index contributed by atoms with van der Waals surface area (Å²) in [7, 11) is 0. The summed E-state index contributed by atoms with van der Waals surface area (Å²) in [5.74, 6) is -1.70. The van der Waals surface area contributed by atoms with Gasteiger partial charge in [0.1, 0.15) is 0 Å². The Kier molecular flexibility index (Phi) is 4.17. The summed E-state index contributed by atoms with van der Waals surface area (Å²) >= 11 is 3.63. The van der Waals surface area contributed by atoms with Gasteiger partial charge in [-0.3, -0.25) is 14.9 Å². The van der Waals surface area contributed by atoms with Crippen LogP contribution in [-0.4, -0.2) is 21.4 Å². The van der Waals surface area contributed by atoms with Crippen LogP contribution < -0.4 is 5.32 Å². The molecular weight excluding hydrogens is 430 g/mol. The van der Waals surface area contributed by atoms with Gasteiger partial charge in [0.2, 0.25) is 11.8 Å². The minimum atomic E-state index is -0.593. The molecule has 0 radical (unpaired) electrons. The fourth-order valence-corrected chi connectivity index (χ4v) is 5.04. The van der Waals surface area contributed by atoms with Crippen molar-refractivity contribution in [3.05, 3.63) is 83.1 Å². The van der Waals surface area contributed by atoms with Gasteiger partial charge in [-0.25, -0.2) is 0 Å². The van der Waals surface area contributed by atoms with Crippen LogP contribution >= 0.6 is 15.9 Å². The second kappa shape index (κ2) is 6.74. The molecule has 4 aromatic rings. The van der Waals surface area contributed by atoms with E-state index in [2.05, 4.69) is 37.4 Å². The number of H-pyrrole nitrogens is 1. The number of imide groups is 1. The number of hydrogen-bond donors (Lipinski definition) is 2. The molecule has 1 unspecified atom stereocenters. The van der Waals surface area contributed by atoms with Crippen LogP contribution in [0.15, 0.2) is 72.0 Å². The van der Waals surface area contributed by atoms with E-state index in [0.29, 0.717) is 6.54 Å². The molecule has 1 aliphatic heterocycles. The molecule has 144 valence electrons. The molecule has 3 heterocycles. The molecule has 0 aliphatic carbocycles. The van der Waals surface area contributed by atoms with Gasteiger partial charge < -0.3 is 9.55 Å². The van der Waals surface area contributed by atoms with Gasteiger partial charge in [0.25, 0.3) is 0 Å². The lowest BCUT2D eigenvalue weighted by Gasteiger charge is -2.15. The Bertz CT molecular complexity index is 1300. The molecule has 2 amide bonds. The van der Waals surface area contributed by atoms with Crippen LogP contribution in [0.4, 0.5) is 0 Å². The second-order valence-electron chi connectivity index (χ2n) is 7.26. The fraction of sp³-hybridized carbons (Fsp3) is 0.130. The Morgan fingerprint density at radius 2 is 1.72 bits per heavy atom. The van der Waals surface area contributed by atoms with Crippen LogP contribution in [-0.2, 0) is 16.1 Å². The normalized spacial score (nSPS) is 19.2. The highest BCUT2D eigenvalue weighted by atomic mass is 79.9. The van der Waals surface area contributed by atoms with Crippen molar-refractivity contribution in [2.75, 3.05) is 0 Å². The Morgan fingerprint density at radius 3 is 2.52 bits per heavy atom. The molecule has 29 heavy (non-hydrogen) atoms. The van der Waals surface area contributed by atoms with Crippen LogP contribution in [0.5, 0.6) is 0 Å². The number of rotatable bonds is 4. The number of nitrogens with zero attached hydrogens (tertiary/aromatic N) is 1. The Hall–Kier alpha value is -3.12. The molecule has 0 bridgehead atoms. The van der Waals surface area contributed by atoms with E-state index in [0.717, 1.165) is 37.4 Å². The Morgan fingerprint density at radius 1 is 1.00 bits per heavy atom. The third-order valence-electron chi connectivity index (χ3n) is 5.64. The zero-order chi connectivity index (χ0) is 20.1. The summed E-state index contributed by atoms with van der Waals surface area (Å²) in [6.45, 7) is 4.45. The van der Waals surface area contributed by atoms with Crippen molar-refractivity contribution in [3.8, 4) is 0 Å². The maximum atomic E-state index is 12.9. The first kappa shape index (κ1) is 17.9. The summed E-state index contributed by atoms with van der Waals surface area (Å²) < 4.78 is 3.00. The summed E-state index contributed by atoms with van der Waals surface area (Å²) in [5.41, 5.74) is 3.63. The van der Waals surface area contributed by atoms with Crippen LogP contribution in [0.3, 0.4) is 0 Å². The van der Waals surface area contributed by atoms with Gasteiger partial charge in [-0.2, -0.15) is 0 Å². The molecule has 5 rings (SSSR count). The minimum Gasteiger partial charge on any atom is -0.361 e. The summed E-state index contributed by atoms with van der Waals surface area (Å²) in [6, 6.07) is 13.8. The largest absolute Gasteiger partial charge is 0.361 e. The number of para-hydroxylation sites is 2. The molecular formula is C23H18BrN3O2. The lowest BCUT2D eigenvalue weighted by atomic mass is 9.83. The van der Waals surface area contributed by atoms with E-state index < -0.39 is 11.8 Å². The quantitative estimate of drug-likeness (QED) is 0.354. The van der Waals surface area contributed by atoms with Crippen LogP contribution in [0.2, 0.25) is 0 Å². The number of benzene rings is 2. The fourth-order valence-electron chi connectivity index (χ4n) is 4.45. The lowest BCUT2D eigenvalue weighted by molar-refractivity contribution is -0.125. The molecule has 1 fully saturated rings. The van der Waals surface area contributed by atoms with Crippen molar-refractivity contribution in [1.82, 2.24) is 14.9 Å². The highest BCUT2D eigenvalue weighted by Gasteiger charge is 2.45. The van der Waals surface area contributed by atoms with E-state index in [1.54, 1.807) is 0 Å². The number of allylic oxidation sites excluding steroid dienone is 1. The number of aromatic amines is 1. The van der Waals surface area contributed by atoms with E-state index in [9.17, 15) is 9.59 Å². The average Bonchev–Trinajstić information content (AvgIpc) is 3.36. The summed E-state index contributed by atoms with van der Waals surface area (Å²) in [4.78, 5) is 29.0. The van der Waals surface area contributed by atoms with Gasteiger partial charge in [0.05, 0.1) is 17.4 Å². The number of aromatic nitrogens is 2. The first-order valence-corrected chi connectivity index (χ1v) is 10.2. The third-order valence-corrected chi connectivity index (χ3v) is 6.28. The summed E-state index contributed by atoms with van der Waals surface area (Å²) in [5, 5.41) is 4.48. The number of carbonyl (C=O) groups excluding carboxylic acids is 2. The highest BCUT2D eigenvalue weighted by molar-refractivity contribution is 9.10. The lowest BCUT2D eigenvalue weighted by Crippen LogP contribution is -2.21. The number of halogens is 1. The third kappa shape index (κ3) is 2.67. The number of nitrogens with one attached hydrogen (secondary N) is 2. The Balaban J connectivity index is 1.74. The average molecular weight is 448 g/mol. The van der Waals surface area contributed by atoms with Crippen molar-refractivity contribution in [2.45, 2.75) is 18.4 Å². The molecule has 2 aromatic carbocycles. The van der Waals surface area contributed by atoms with E-state index in [-0.39, 0.29) is 11.8 Å². The standard InChI is InChI=1S/C23H18BrN3O2/c1-2-10-27-12-16(14-7-5-8-17(24)21(14)27)20-19(22(28)26-23(20)29)15-11-25-18-9-4-3-6-13(15)18/h2-9,11-12,19-20,25H,1,10H2,(H,26,28,29)/t19?,20-/m0/s1. The molecule has 6 heteroatoms. The van der Waals surface area contributed by atoms with Crippen molar-refractivity contribution in [3.63, 3.8) is 0 Å². The number of amides is 2. The van der Waals surface area contributed by atoms with Crippen molar-refractivity contribution in [1.29, 1.82) is 0 Å². The first-order valence-electron chi connectivity index (χ1n) is 9.39. The molecule has 2 N–H and O–H groups in total. The zero-order valence-corrected chi connectivity index (χ0v) is 17.1. The van der Waals surface area contributed by atoms with Gasteiger partial charge in [-0.15, -0.1) is 6.58 Å². The molecule has 2 atom stereocenters. The maximum Gasteiger partial charge on any atom is 0.235 e.